The van der Waals surface area contributed by atoms with Crippen molar-refractivity contribution < 1.29 is 4.43 Å². The molecular formula is C26H34OSi. The number of hydrogen-bond acceptors (Lipinski definition) is 1. The van der Waals surface area contributed by atoms with Gasteiger partial charge in [0.1, 0.15) is 0 Å². The molecule has 5 rings (SSSR count). The smallest absolute Gasteiger partial charge is 0.261 e. The summed E-state index contributed by atoms with van der Waals surface area (Å²) < 4.78 is 7.16. The Kier molecular flexibility index (Phi) is 4.92. The van der Waals surface area contributed by atoms with E-state index in [1.165, 1.54) is 23.2 Å². The highest BCUT2D eigenvalue weighted by molar-refractivity contribution is 6.99. The van der Waals surface area contributed by atoms with Crippen LogP contribution in [0.5, 0.6) is 0 Å². The molecule has 1 nitrogen and oxygen atoms in total. The van der Waals surface area contributed by atoms with E-state index in [4.69, 9.17) is 4.43 Å². The van der Waals surface area contributed by atoms with Crippen LogP contribution in [0.15, 0.2) is 72.3 Å². The minimum atomic E-state index is -2.43. The summed E-state index contributed by atoms with van der Waals surface area (Å²) in [5.41, 5.74) is 1.99. The van der Waals surface area contributed by atoms with E-state index >= 15 is 0 Å². The molecular weight excluding hydrogens is 356 g/mol. The van der Waals surface area contributed by atoms with Crippen molar-refractivity contribution in [2.75, 3.05) is 6.61 Å². The number of allylic oxidation sites excluding steroid dienone is 1. The van der Waals surface area contributed by atoms with Crippen LogP contribution in [0.1, 0.15) is 47.5 Å². The summed E-state index contributed by atoms with van der Waals surface area (Å²) in [4.78, 5) is 0. The largest absolute Gasteiger partial charge is 0.403 e. The van der Waals surface area contributed by atoms with E-state index in [1.807, 2.05) is 0 Å². The molecule has 2 heteroatoms. The maximum absolute atomic E-state index is 7.16. The van der Waals surface area contributed by atoms with Gasteiger partial charge in [0.2, 0.25) is 0 Å². The Balaban J connectivity index is 1.75. The summed E-state index contributed by atoms with van der Waals surface area (Å²) in [6.45, 7) is 12.7. The third-order valence-electron chi connectivity index (χ3n) is 7.45. The Morgan fingerprint density at radius 1 is 0.929 bits per heavy atom. The molecule has 2 atom stereocenters. The Bertz CT molecular complexity index is 806. The van der Waals surface area contributed by atoms with E-state index in [9.17, 15) is 0 Å². The first-order valence-electron chi connectivity index (χ1n) is 10.7. The van der Waals surface area contributed by atoms with Gasteiger partial charge in [-0.3, -0.25) is 0 Å². The van der Waals surface area contributed by atoms with Gasteiger partial charge in [0, 0.05) is 0 Å². The van der Waals surface area contributed by atoms with Crippen molar-refractivity contribution in [3.05, 3.63) is 72.3 Å². The fourth-order valence-corrected chi connectivity index (χ4v) is 10.1. The molecule has 0 aromatic heterocycles. The molecule has 2 aromatic carbocycles. The van der Waals surface area contributed by atoms with Crippen LogP contribution in [0, 0.1) is 17.3 Å². The number of fused-ring (bicyclic) bond motifs is 1. The second-order valence-corrected chi connectivity index (χ2v) is 14.6. The molecule has 148 valence electrons. The Morgan fingerprint density at radius 2 is 1.46 bits per heavy atom. The first-order valence-corrected chi connectivity index (χ1v) is 12.6. The summed E-state index contributed by atoms with van der Waals surface area (Å²) in [7, 11) is -2.43. The summed E-state index contributed by atoms with van der Waals surface area (Å²) >= 11 is 0. The van der Waals surface area contributed by atoms with E-state index in [1.54, 1.807) is 5.57 Å². The van der Waals surface area contributed by atoms with Gasteiger partial charge >= 0.3 is 0 Å². The second kappa shape index (κ2) is 7.00. The average Bonchev–Trinajstić information content (AvgIpc) is 2.69. The maximum Gasteiger partial charge on any atom is 0.261 e. The zero-order valence-corrected chi connectivity index (χ0v) is 19.0. The summed E-state index contributed by atoms with van der Waals surface area (Å²) in [5.74, 6) is 1.57. The van der Waals surface area contributed by atoms with Crippen LogP contribution in [0.25, 0.3) is 0 Å². The Morgan fingerprint density at radius 3 is 1.89 bits per heavy atom. The number of benzene rings is 2. The normalized spacial score (nSPS) is 23.7. The maximum atomic E-state index is 7.16. The molecule has 0 unspecified atom stereocenters. The molecule has 0 heterocycles. The molecule has 2 aromatic rings. The zero-order chi connectivity index (χ0) is 20.0. The van der Waals surface area contributed by atoms with E-state index in [0.29, 0.717) is 11.3 Å². The molecule has 28 heavy (non-hydrogen) atoms. The summed E-state index contributed by atoms with van der Waals surface area (Å²) in [6, 6.07) is 22.0. The van der Waals surface area contributed by atoms with Gasteiger partial charge in [-0.05, 0) is 51.1 Å². The van der Waals surface area contributed by atoms with Crippen molar-refractivity contribution in [1.29, 1.82) is 0 Å². The molecule has 0 saturated heterocycles. The third-order valence-corrected chi connectivity index (χ3v) is 12.4. The van der Waals surface area contributed by atoms with Crippen molar-refractivity contribution in [3.63, 3.8) is 0 Å². The summed E-state index contributed by atoms with van der Waals surface area (Å²) in [5, 5.41) is 2.79. The van der Waals surface area contributed by atoms with Crippen LogP contribution in [0.4, 0.5) is 0 Å². The lowest BCUT2D eigenvalue weighted by atomic mass is 9.49. The summed E-state index contributed by atoms with van der Waals surface area (Å²) in [6.07, 6.45) is 5.06. The predicted molar refractivity (Wildman–Crippen MR) is 122 cm³/mol. The third kappa shape index (κ3) is 3.02. The quantitative estimate of drug-likeness (QED) is 0.480. The van der Waals surface area contributed by atoms with Crippen molar-refractivity contribution in [3.8, 4) is 0 Å². The lowest BCUT2D eigenvalue weighted by Gasteiger charge is -2.57. The average molecular weight is 391 g/mol. The first kappa shape index (κ1) is 19.7. The molecule has 1 fully saturated rings. The van der Waals surface area contributed by atoms with Gasteiger partial charge in [-0.1, -0.05) is 101 Å². The molecule has 0 amide bonds. The van der Waals surface area contributed by atoms with Crippen LogP contribution < -0.4 is 10.4 Å². The first-order chi connectivity index (χ1) is 13.3. The van der Waals surface area contributed by atoms with Gasteiger partial charge in [-0.15, -0.1) is 0 Å². The molecule has 0 spiro atoms. The lowest BCUT2D eigenvalue weighted by Crippen LogP contribution is -2.67. The van der Waals surface area contributed by atoms with E-state index in [0.717, 1.165) is 12.5 Å². The van der Waals surface area contributed by atoms with E-state index in [-0.39, 0.29) is 5.04 Å². The highest BCUT2D eigenvalue weighted by Crippen LogP contribution is 2.59. The molecule has 1 saturated carbocycles. The highest BCUT2D eigenvalue weighted by Gasteiger charge is 2.53. The van der Waals surface area contributed by atoms with Gasteiger partial charge in [-0.2, -0.15) is 0 Å². The Labute approximate surface area is 172 Å². The standard InChI is InChI=1S/C26H34OSi/c1-25(2,3)28(22-12-8-6-9-13-22,23-14-10-7-11-15-23)27-19-20-16-17-21-18-24(20)26(21,4)5/h6-16,21,24H,17-19H2,1-5H3/t21-,24-/m0/s1. The fraction of sp³-hybridized carbons (Fsp3) is 0.462. The SMILES string of the molecule is CC1(C)[C@H]2CC=C(CO[Si](c3ccccc3)(c3ccccc3)C(C)(C)C)[C@@H]1C2. The van der Waals surface area contributed by atoms with E-state index in [2.05, 4.69) is 101 Å². The van der Waals surface area contributed by atoms with Crippen molar-refractivity contribution >= 4 is 18.7 Å². The highest BCUT2D eigenvalue weighted by atomic mass is 28.4. The van der Waals surface area contributed by atoms with Crippen LogP contribution in [-0.4, -0.2) is 14.9 Å². The van der Waals surface area contributed by atoms with Gasteiger partial charge in [0.15, 0.2) is 0 Å². The van der Waals surface area contributed by atoms with Crippen molar-refractivity contribution in [2.45, 2.75) is 52.5 Å². The number of hydrogen-bond donors (Lipinski definition) is 0. The van der Waals surface area contributed by atoms with Crippen LogP contribution >= 0.6 is 0 Å². The molecule has 2 bridgehead atoms. The fourth-order valence-electron chi connectivity index (χ4n) is 5.59. The monoisotopic (exact) mass is 390 g/mol. The molecule has 3 aliphatic carbocycles. The molecule has 3 aliphatic rings. The minimum absolute atomic E-state index is 0.0442. The van der Waals surface area contributed by atoms with Crippen molar-refractivity contribution in [1.82, 2.24) is 0 Å². The molecule has 0 aliphatic heterocycles. The Hall–Kier alpha value is -1.64. The van der Waals surface area contributed by atoms with Gasteiger partial charge in [-0.25, -0.2) is 0 Å². The van der Waals surface area contributed by atoms with Gasteiger partial charge in [0.25, 0.3) is 8.32 Å². The second-order valence-electron chi connectivity index (χ2n) is 10.3. The lowest BCUT2D eigenvalue weighted by molar-refractivity contribution is -0.0118. The van der Waals surface area contributed by atoms with E-state index < -0.39 is 8.32 Å². The molecule has 0 radical (unpaired) electrons. The molecule has 0 N–H and O–H groups in total. The van der Waals surface area contributed by atoms with Gasteiger partial charge < -0.3 is 4.43 Å². The van der Waals surface area contributed by atoms with Crippen LogP contribution in [-0.2, 0) is 4.43 Å². The minimum Gasteiger partial charge on any atom is -0.403 e. The number of rotatable bonds is 5. The predicted octanol–water partition coefficient (Wildman–Crippen LogP) is 5.56. The van der Waals surface area contributed by atoms with Crippen LogP contribution in [0.2, 0.25) is 5.04 Å². The zero-order valence-electron chi connectivity index (χ0n) is 18.0. The van der Waals surface area contributed by atoms with Crippen LogP contribution in [0.3, 0.4) is 0 Å². The topological polar surface area (TPSA) is 9.23 Å². The van der Waals surface area contributed by atoms with Gasteiger partial charge in [0.05, 0.1) is 6.61 Å². The van der Waals surface area contributed by atoms with Crippen molar-refractivity contribution in [2.24, 2.45) is 17.3 Å².